The molecule has 9 nitrogen and oxygen atoms in total. The first kappa shape index (κ1) is 27.0. The van der Waals surface area contributed by atoms with Crippen molar-refractivity contribution in [2.75, 3.05) is 0 Å². The predicted molar refractivity (Wildman–Crippen MR) is 132 cm³/mol. The number of unbranched alkanes of at least 4 members (excludes halogenated alkanes) is 1. The number of rotatable bonds is 11. The second kappa shape index (κ2) is 11.9. The second-order valence-electron chi connectivity index (χ2n) is 9.09. The van der Waals surface area contributed by atoms with Crippen LogP contribution < -0.4 is 10.6 Å². The first-order valence-electron chi connectivity index (χ1n) is 12.1. The van der Waals surface area contributed by atoms with Gasteiger partial charge in [0.1, 0.15) is 23.2 Å². The number of carbonyl (C=O) groups is 4. The quantitative estimate of drug-likeness (QED) is 0.195. The Bertz CT molecular complexity index is 1100. The number of ether oxygens (including phenoxy) is 1. The van der Waals surface area contributed by atoms with Gasteiger partial charge in [0.05, 0.1) is 5.70 Å². The van der Waals surface area contributed by atoms with Gasteiger partial charge in [-0.3, -0.25) is 19.2 Å². The number of nitrogens with one attached hydrogen (secondary N) is 2. The summed E-state index contributed by atoms with van der Waals surface area (Å²) in [5, 5.41) is 25.5. The van der Waals surface area contributed by atoms with Crippen LogP contribution in [0.1, 0.15) is 46.0 Å². The van der Waals surface area contributed by atoms with E-state index in [-0.39, 0.29) is 47.5 Å². The number of Topliss-reactive ketones (excluding diaryl/α,β-unsaturated/α-hetero) is 2. The Kier molecular flexibility index (Phi) is 8.95. The molecular weight excluding hydrogens is 464 g/mol. The average Bonchev–Trinajstić information content (AvgIpc) is 3.60. The molecule has 0 saturated carbocycles. The summed E-state index contributed by atoms with van der Waals surface area (Å²) in [6.45, 7) is 4.12. The van der Waals surface area contributed by atoms with Crippen LogP contribution in [0, 0.1) is 5.92 Å². The maximum Gasteiger partial charge on any atom is 0.248 e. The molecule has 0 aromatic rings. The number of fused-ring (bicyclic) bond motifs is 1. The van der Waals surface area contributed by atoms with E-state index in [1.165, 1.54) is 42.5 Å². The molecule has 4 atom stereocenters. The zero-order valence-corrected chi connectivity index (χ0v) is 20.4. The average molecular weight is 497 g/mol. The van der Waals surface area contributed by atoms with Crippen molar-refractivity contribution in [2.45, 2.75) is 63.8 Å². The molecule has 1 fully saturated rings. The third-order valence-electron chi connectivity index (χ3n) is 6.04. The van der Waals surface area contributed by atoms with Crippen LogP contribution in [0.3, 0.4) is 0 Å². The molecule has 3 unspecified atom stereocenters. The Labute approximate surface area is 210 Å². The number of hydrogen-bond acceptors (Lipinski definition) is 7. The SMILES string of the molecule is CCCCC(C)/C=C/C(=O)NC1=CC(O)(/C=C/C=C/C=C/C(=O)NC2=C(O)CCC2=O)C2O[C@@H]2C1=O. The van der Waals surface area contributed by atoms with Gasteiger partial charge in [-0.05, 0) is 30.6 Å². The molecule has 1 heterocycles. The van der Waals surface area contributed by atoms with Gasteiger partial charge in [0, 0.05) is 18.9 Å². The third kappa shape index (κ3) is 6.99. The largest absolute Gasteiger partial charge is 0.510 e. The lowest BCUT2D eigenvalue weighted by molar-refractivity contribution is -0.121. The fourth-order valence-corrected chi connectivity index (χ4v) is 3.92. The Morgan fingerprint density at radius 2 is 1.86 bits per heavy atom. The standard InChI is InChI=1S/C27H32N2O7/c1-3-4-9-17(2)11-14-22(33)28-18-16-27(35,26-25(36-26)24(18)34)15-8-6-5-7-10-21(32)29-23-19(30)12-13-20(23)31/h5-8,10-11,14-17,25-26,30,35H,3-4,9,12-13H2,1-2H3,(H,28,33)(H,29,32)/b6-5+,10-7+,14-11+,15-8+/t17?,25-,26?,27?/m1/s1. The summed E-state index contributed by atoms with van der Waals surface area (Å²) in [6, 6.07) is 0. The van der Waals surface area contributed by atoms with Gasteiger partial charge < -0.3 is 25.6 Å². The Hall–Kier alpha value is -3.56. The molecule has 2 aliphatic carbocycles. The van der Waals surface area contributed by atoms with E-state index in [1.807, 2.05) is 6.92 Å². The Morgan fingerprint density at radius 1 is 1.14 bits per heavy atom. The topological polar surface area (TPSA) is 145 Å². The minimum atomic E-state index is -1.59. The van der Waals surface area contributed by atoms with E-state index in [4.69, 9.17) is 4.74 Å². The lowest BCUT2D eigenvalue weighted by atomic mass is 9.88. The molecule has 0 radical (unpaired) electrons. The van der Waals surface area contributed by atoms with E-state index in [2.05, 4.69) is 17.6 Å². The molecular formula is C27H32N2O7. The molecule has 1 saturated heterocycles. The maximum atomic E-state index is 12.4. The summed E-state index contributed by atoms with van der Waals surface area (Å²) in [7, 11) is 0. The molecule has 192 valence electrons. The second-order valence-corrected chi connectivity index (χ2v) is 9.09. The molecule has 36 heavy (non-hydrogen) atoms. The van der Waals surface area contributed by atoms with Gasteiger partial charge in [0.25, 0.3) is 0 Å². The van der Waals surface area contributed by atoms with Crippen LogP contribution in [0.25, 0.3) is 0 Å². The van der Waals surface area contributed by atoms with Crippen molar-refractivity contribution in [3.63, 3.8) is 0 Å². The van der Waals surface area contributed by atoms with Gasteiger partial charge in [-0.2, -0.15) is 0 Å². The molecule has 3 aliphatic rings. The lowest BCUT2D eigenvalue weighted by Gasteiger charge is -2.23. The van der Waals surface area contributed by atoms with Crippen LogP contribution in [0.15, 0.2) is 71.8 Å². The van der Waals surface area contributed by atoms with E-state index in [1.54, 1.807) is 12.2 Å². The number of epoxide rings is 1. The van der Waals surface area contributed by atoms with Crippen LogP contribution >= 0.6 is 0 Å². The molecule has 4 N–H and O–H groups in total. The van der Waals surface area contributed by atoms with E-state index in [9.17, 15) is 29.4 Å². The summed E-state index contributed by atoms with van der Waals surface area (Å²) >= 11 is 0. The van der Waals surface area contributed by atoms with Crippen LogP contribution in [0.4, 0.5) is 0 Å². The molecule has 0 bridgehead atoms. The van der Waals surface area contributed by atoms with Gasteiger partial charge in [0.2, 0.25) is 17.6 Å². The van der Waals surface area contributed by atoms with E-state index in [0.29, 0.717) is 0 Å². The van der Waals surface area contributed by atoms with Crippen molar-refractivity contribution < 1.29 is 34.1 Å². The fraction of sp³-hybridized carbons (Fsp3) is 0.407. The van der Waals surface area contributed by atoms with Crippen molar-refractivity contribution in [2.24, 2.45) is 5.92 Å². The first-order valence-corrected chi connectivity index (χ1v) is 12.1. The van der Waals surface area contributed by atoms with Crippen molar-refractivity contribution in [1.82, 2.24) is 10.6 Å². The third-order valence-corrected chi connectivity index (χ3v) is 6.04. The van der Waals surface area contributed by atoms with Gasteiger partial charge in [-0.15, -0.1) is 0 Å². The summed E-state index contributed by atoms with van der Waals surface area (Å²) in [5.41, 5.74) is -1.67. The first-order chi connectivity index (χ1) is 17.1. The highest BCUT2D eigenvalue weighted by Gasteiger charge is 2.59. The molecule has 1 aliphatic heterocycles. The normalized spacial score (nSPS) is 26.8. The van der Waals surface area contributed by atoms with Crippen LogP contribution in [0.5, 0.6) is 0 Å². The van der Waals surface area contributed by atoms with Gasteiger partial charge in [-0.1, -0.05) is 57.1 Å². The predicted octanol–water partition coefficient (Wildman–Crippen LogP) is 2.37. The van der Waals surface area contributed by atoms with Gasteiger partial charge in [-0.25, -0.2) is 0 Å². The molecule has 0 aromatic carbocycles. The van der Waals surface area contributed by atoms with E-state index in [0.717, 1.165) is 19.3 Å². The van der Waals surface area contributed by atoms with Crippen molar-refractivity contribution in [3.05, 3.63) is 71.8 Å². The Balaban J connectivity index is 1.56. The van der Waals surface area contributed by atoms with Crippen molar-refractivity contribution >= 4 is 23.4 Å². The number of carbonyl (C=O) groups excluding carboxylic acids is 4. The maximum absolute atomic E-state index is 12.4. The number of aliphatic hydroxyl groups excluding tert-OH is 1. The van der Waals surface area contributed by atoms with Crippen molar-refractivity contribution in [1.29, 1.82) is 0 Å². The van der Waals surface area contributed by atoms with Gasteiger partial charge >= 0.3 is 0 Å². The molecule has 0 aromatic heterocycles. The zero-order chi connectivity index (χ0) is 26.3. The summed E-state index contributed by atoms with van der Waals surface area (Å²) in [6.07, 6.45) is 15.1. The van der Waals surface area contributed by atoms with E-state index < -0.39 is 29.6 Å². The smallest absolute Gasteiger partial charge is 0.248 e. The highest BCUT2D eigenvalue weighted by Crippen LogP contribution is 2.40. The van der Waals surface area contributed by atoms with Crippen molar-refractivity contribution in [3.8, 4) is 0 Å². The number of aliphatic hydroxyl groups is 2. The number of ketones is 2. The monoisotopic (exact) mass is 496 g/mol. The highest BCUT2D eigenvalue weighted by atomic mass is 16.6. The van der Waals surface area contributed by atoms with E-state index >= 15 is 0 Å². The zero-order valence-electron chi connectivity index (χ0n) is 20.4. The number of hydrogen-bond donors (Lipinski definition) is 4. The number of allylic oxidation sites excluding steroid dienone is 7. The van der Waals surface area contributed by atoms with Gasteiger partial charge in [0.15, 0.2) is 11.9 Å². The molecule has 0 spiro atoms. The minimum absolute atomic E-state index is 0.0173. The Morgan fingerprint density at radius 3 is 2.56 bits per heavy atom. The summed E-state index contributed by atoms with van der Waals surface area (Å²) < 4.78 is 5.33. The fourth-order valence-electron chi connectivity index (χ4n) is 3.92. The highest BCUT2D eigenvalue weighted by molar-refractivity contribution is 6.06. The summed E-state index contributed by atoms with van der Waals surface area (Å²) in [4.78, 5) is 48.2. The lowest BCUT2D eigenvalue weighted by Crippen LogP contribution is -2.42. The molecule has 2 amide bonds. The summed E-state index contributed by atoms with van der Waals surface area (Å²) in [5.74, 6) is -1.59. The van der Waals surface area contributed by atoms with Crippen LogP contribution in [0.2, 0.25) is 0 Å². The van der Waals surface area contributed by atoms with Crippen LogP contribution in [-0.2, 0) is 23.9 Å². The minimum Gasteiger partial charge on any atom is -0.510 e. The molecule has 3 rings (SSSR count). The number of amides is 2. The molecule has 9 heteroatoms. The van der Waals surface area contributed by atoms with Crippen LogP contribution in [-0.4, -0.2) is 51.4 Å².